The summed E-state index contributed by atoms with van der Waals surface area (Å²) in [7, 11) is 0. The van der Waals surface area contributed by atoms with Gasteiger partial charge in [0, 0.05) is 13.0 Å². The molecule has 2 N–H and O–H groups in total. The number of carboxylic acid groups (broad SMARTS) is 1. The maximum Gasteiger partial charge on any atom is 0.326 e. The summed E-state index contributed by atoms with van der Waals surface area (Å²) in [5.41, 5.74) is 1.97. The molecule has 20 heavy (non-hydrogen) atoms. The lowest BCUT2D eigenvalue weighted by molar-refractivity contribution is -0.142. The van der Waals surface area contributed by atoms with Crippen LogP contribution in [0.5, 0.6) is 0 Å². The summed E-state index contributed by atoms with van der Waals surface area (Å²) in [4.78, 5) is 24.8. The van der Waals surface area contributed by atoms with Crippen LogP contribution in [0, 0.1) is 11.8 Å². The molecule has 0 saturated heterocycles. The number of fused-ring (bicyclic) bond motifs is 1. The molecule has 1 aromatic rings. The van der Waals surface area contributed by atoms with Crippen molar-refractivity contribution >= 4 is 12.0 Å². The van der Waals surface area contributed by atoms with Crippen molar-refractivity contribution in [3.63, 3.8) is 0 Å². The lowest BCUT2D eigenvalue weighted by Gasteiger charge is -2.34. The van der Waals surface area contributed by atoms with Crippen molar-refractivity contribution in [1.82, 2.24) is 10.2 Å². The summed E-state index contributed by atoms with van der Waals surface area (Å²) in [6, 6.07) is 6.36. The molecule has 0 radical (unpaired) electrons. The first-order valence-corrected chi connectivity index (χ1v) is 6.37. The smallest absolute Gasteiger partial charge is 0.326 e. The molecule has 0 spiro atoms. The van der Waals surface area contributed by atoms with Crippen LogP contribution in [-0.4, -0.2) is 34.6 Å². The van der Waals surface area contributed by atoms with Gasteiger partial charge in [-0.05, 0) is 18.1 Å². The third-order valence-electron chi connectivity index (χ3n) is 3.30. The Morgan fingerprint density at radius 3 is 2.75 bits per heavy atom. The lowest BCUT2D eigenvalue weighted by atomic mass is 9.94. The van der Waals surface area contributed by atoms with Crippen molar-refractivity contribution in [1.29, 1.82) is 0 Å². The monoisotopic (exact) mass is 272 g/mol. The van der Waals surface area contributed by atoms with Gasteiger partial charge in [0.25, 0.3) is 0 Å². The Kier molecular flexibility index (Phi) is 4.26. The van der Waals surface area contributed by atoms with Crippen LogP contribution in [0.2, 0.25) is 0 Å². The zero-order valence-electron chi connectivity index (χ0n) is 11.2. The quantitative estimate of drug-likeness (QED) is 0.796. The minimum absolute atomic E-state index is 0.222. The maximum absolute atomic E-state index is 12.1. The van der Waals surface area contributed by atoms with E-state index in [0.717, 1.165) is 11.1 Å². The molecule has 1 atom stereocenters. The Morgan fingerprint density at radius 2 is 2.10 bits per heavy atom. The highest BCUT2D eigenvalue weighted by molar-refractivity contribution is 5.83. The van der Waals surface area contributed by atoms with E-state index < -0.39 is 18.0 Å². The highest BCUT2D eigenvalue weighted by Gasteiger charge is 2.34. The molecule has 0 unspecified atom stereocenters. The second-order valence-corrected chi connectivity index (χ2v) is 4.54. The average molecular weight is 272 g/mol. The van der Waals surface area contributed by atoms with E-state index in [4.69, 9.17) is 0 Å². The second-order valence-electron chi connectivity index (χ2n) is 4.54. The van der Waals surface area contributed by atoms with Crippen molar-refractivity contribution in [2.75, 3.05) is 6.54 Å². The van der Waals surface area contributed by atoms with Gasteiger partial charge in [0.2, 0.25) is 0 Å². The van der Waals surface area contributed by atoms with Gasteiger partial charge in [-0.25, -0.2) is 9.59 Å². The molecule has 1 aromatic carbocycles. The first-order valence-electron chi connectivity index (χ1n) is 6.37. The molecule has 5 nitrogen and oxygen atoms in total. The van der Waals surface area contributed by atoms with Gasteiger partial charge in [-0.15, -0.1) is 5.92 Å². The fraction of sp³-hybridized carbons (Fsp3) is 0.333. The number of carboxylic acids is 1. The van der Waals surface area contributed by atoms with E-state index in [1.807, 2.05) is 24.3 Å². The normalized spacial score (nSPS) is 16.6. The Bertz CT molecular complexity index is 586. The molecule has 0 aliphatic carbocycles. The first kappa shape index (κ1) is 13.9. The number of urea groups is 1. The van der Waals surface area contributed by atoms with E-state index >= 15 is 0 Å². The van der Waals surface area contributed by atoms with Crippen LogP contribution in [0.4, 0.5) is 4.79 Å². The molecule has 0 aromatic heterocycles. The van der Waals surface area contributed by atoms with Gasteiger partial charge < -0.3 is 15.3 Å². The molecule has 1 aliphatic rings. The molecule has 1 heterocycles. The van der Waals surface area contributed by atoms with E-state index in [0.29, 0.717) is 13.0 Å². The number of benzene rings is 1. The molecule has 0 saturated carbocycles. The molecule has 0 bridgehead atoms. The van der Waals surface area contributed by atoms with Crippen molar-refractivity contribution in [2.45, 2.75) is 25.9 Å². The number of nitrogens with one attached hydrogen (secondary N) is 1. The van der Waals surface area contributed by atoms with Crippen LogP contribution in [0.1, 0.15) is 18.1 Å². The largest absolute Gasteiger partial charge is 0.480 e. The van der Waals surface area contributed by atoms with Crippen molar-refractivity contribution in [3.8, 4) is 11.8 Å². The predicted octanol–water partition coefficient (Wildman–Crippen LogP) is 1.23. The molecule has 2 amide bonds. The van der Waals surface area contributed by atoms with Crippen LogP contribution in [0.15, 0.2) is 24.3 Å². The van der Waals surface area contributed by atoms with Crippen LogP contribution >= 0.6 is 0 Å². The number of hydrogen-bond donors (Lipinski definition) is 2. The average Bonchev–Trinajstić information content (AvgIpc) is 2.46. The highest BCUT2D eigenvalue weighted by atomic mass is 16.4. The number of rotatable bonds is 2. The standard InChI is InChI=1S/C15H16N2O3/c1-2-3-8-16-15(20)17-10-12-7-5-4-6-11(12)9-13(17)14(18)19/h4-7,13H,8-10H2,1H3,(H,16,20)(H,18,19)/t13-/m1/s1. The van der Waals surface area contributed by atoms with Crippen molar-refractivity contribution in [2.24, 2.45) is 0 Å². The number of aliphatic carboxylic acids is 1. The maximum atomic E-state index is 12.1. The molecular formula is C15H16N2O3. The minimum atomic E-state index is -0.990. The van der Waals surface area contributed by atoms with Crippen LogP contribution in [0.25, 0.3) is 0 Å². The third kappa shape index (κ3) is 2.91. The summed E-state index contributed by atoms with van der Waals surface area (Å²) in [5, 5.41) is 11.9. The number of hydrogen-bond acceptors (Lipinski definition) is 2. The number of nitrogens with zero attached hydrogens (tertiary/aromatic N) is 1. The fourth-order valence-electron chi connectivity index (χ4n) is 2.27. The number of carbonyl (C=O) groups excluding carboxylic acids is 1. The SMILES string of the molecule is CC#CCNC(=O)N1Cc2ccccc2C[C@@H]1C(=O)O. The lowest BCUT2D eigenvalue weighted by Crippen LogP contribution is -2.52. The van der Waals surface area contributed by atoms with E-state index in [1.165, 1.54) is 4.90 Å². The Morgan fingerprint density at radius 1 is 1.40 bits per heavy atom. The Labute approximate surface area is 117 Å². The molecule has 1 aliphatic heterocycles. The summed E-state index contributed by atoms with van der Waals surface area (Å²) in [5.74, 6) is 4.41. The summed E-state index contributed by atoms with van der Waals surface area (Å²) in [6.45, 7) is 2.21. The Balaban J connectivity index is 2.19. The first-order chi connectivity index (χ1) is 9.63. The van der Waals surface area contributed by atoms with Gasteiger partial charge in [-0.1, -0.05) is 30.2 Å². The van der Waals surface area contributed by atoms with Gasteiger partial charge >= 0.3 is 12.0 Å². The highest BCUT2D eigenvalue weighted by Crippen LogP contribution is 2.23. The van der Waals surface area contributed by atoms with Crippen LogP contribution < -0.4 is 5.32 Å². The molecule has 2 rings (SSSR count). The minimum Gasteiger partial charge on any atom is -0.480 e. The molecule has 5 heteroatoms. The van der Waals surface area contributed by atoms with Crippen molar-refractivity contribution < 1.29 is 14.7 Å². The third-order valence-corrected chi connectivity index (χ3v) is 3.30. The topological polar surface area (TPSA) is 69.6 Å². The zero-order valence-corrected chi connectivity index (χ0v) is 11.2. The zero-order chi connectivity index (χ0) is 14.5. The second kappa shape index (κ2) is 6.11. The van der Waals surface area contributed by atoms with Crippen LogP contribution in [0.3, 0.4) is 0 Å². The van der Waals surface area contributed by atoms with E-state index in [2.05, 4.69) is 17.2 Å². The Hall–Kier alpha value is -2.48. The summed E-state index contributed by atoms with van der Waals surface area (Å²) >= 11 is 0. The molecular weight excluding hydrogens is 256 g/mol. The summed E-state index contributed by atoms with van der Waals surface area (Å²) < 4.78 is 0. The number of amides is 2. The predicted molar refractivity (Wildman–Crippen MR) is 74.0 cm³/mol. The van der Waals surface area contributed by atoms with Gasteiger partial charge in [0.05, 0.1) is 6.54 Å². The van der Waals surface area contributed by atoms with Gasteiger partial charge in [0.1, 0.15) is 6.04 Å². The number of carbonyl (C=O) groups is 2. The van der Waals surface area contributed by atoms with Crippen LogP contribution in [-0.2, 0) is 17.8 Å². The molecule has 104 valence electrons. The van der Waals surface area contributed by atoms with E-state index in [-0.39, 0.29) is 6.54 Å². The van der Waals surface area contributed by atoms with Gasteiger partial charge in [-0.3, -0.25) is 0 Å². The van der Waals surface area contributed by atoms with E-state index in [1.54, 1.807) is 6.92 Å². The van der Waals surface area contributed by atoms with E-state index in [9.17, 15) is 14.7 Å². The molecule has 0 fully saturated rings. The van der Waals surface area contributed by atoms with Crippen molar-refractivity contribution in [3.05, 3.63) is 35.4 Å². The fourth-order valence-corrected chi connectivity index (χ4v) is 2.27. The summed E-state index contributed by atoms with van der Waals surface area (Å²) in [6.07, 6.45) is 0.332. The van der Waals surface area contributed by atoms with Gasteiger partial charge in [0.15, 0.2) is 0 Å². The van der Waals surface area contributed by atoms with Gasteiger partial charge in [-0.2, -0.15) is 0 Å².